The molecule has 1 saturated heterocycles. The van der Waals surface area contributed by atoms with Crippen LogP contribution < -0.4 is 10.6 Å². The average Bonchev–Trinajstić information content (AvgIpc) is 3.17. The second-order valence-electron chi connectivity index (χ2n) is 19.2. The largest absolute Gasteiger partial charge is 0.381 e. The van der Waals surface area contributed by atoms with Crippen LogP contribution in [0, 0.1) is 34.5 Å². The topological polar surface area (TPSA) is 39.7 Å². The quantitative estimate of drug-likeness (QED) is 0.175. The van der Waals surface area contributed by atoms with Gasteiger partial charge in [0.2, 0.25) is 0 Å². The Morgan fingerprint density at radius 3 is 2.39 bits per heavy atom. The molecule has 7 aliphatic rings. The molecule has 2 bridgehead atoms. The fourth-order valence-corrected chi connectivity index (χ4v) is 12.5. The molecule has 2 spiro atoms. The summed E-state index contributed by atoms with van der Waals surface area (Å²) in [5.74, 6) is 2.29. The van der Waals surface area contributed by atoms with Crippen molar-refractivity contribution in [3.05, 3.63) is 114 Å². The van der Waals surface area contributed by atoms with Gasteiger partial charge in [-0.05, 0) is 134 Å². The standard InChI is InChI=1S/C38H48N2.C14H28N2/c1-8-25(4)39-29-16-14-28-15-17-33-35(6,19-12-20-36(33,7)32(28)23-29)26(5)40-34-24-37(40)21-11-13-31-30(10-3)27(9-2)18-22-38(31,34)37;1-7-8-9-12(4)13(5)16-14(10-15-6)11(2)3/h9-10,14,16,23-24,31,33,39H,2-5,8,11-13,15,17-22H2,1,6-7H3;10-12,14,16H,5,7-9H2,1-4,6H3/t31?,33?,35-,36?,37?,38?;/m1./s1. The molecule has 304 valence electrons. The smallest absolute Gasteiger partial charge is 0.0763 e. The lowest BCUT2D eigenvalue weighted by Crippen LogP contribution is -2.83. The number of fused-ring (bicyclic) bond motifs is 3. The molecule has 0 aromatic heterocycles. The number of nitrogens with zero attached hydrogens (tertiary/aromatic N) is 2. The Kier molecular flexibility index (Phi) is 12.3. The molecular weight excluding hydrogens is 681 g/mol. The van der Waals surface area contributed by atoms with Gasteiger partial charge in [-0.25, -0.2) is 0 Å². The van der Waals surface area contributed by atoms with Crippen LogP contribution in [0.1, 0.15) is 143 Å². The summed E-state index contributed by atoms with van der Waals surface area (Å²) in [6, 6.07) is 7.41. The van der Waals surface area contributed by atoms with E-state index in [0.29, 0.717) is 35.1 Å². The number of hydrogen-bond acceptors (Lipinski definition) is 4. The first kappa shape index (κ1) is 42.1. The van der Waals surface area contributed by atoms with Crippen LogP contribution in [0.15, 0.2) is 108 Å². The number of benzene rings is 1. The highest BCUT2D eigenvalue weighted by molar-refractivity contribution is 5.65. The Hall–Kier alpha value is -3.53. The molecule has 8 atom stereocenters. The molecule has 2 aliphatic heterocycles. The molecule has 2 saturated carbocycles. The maximum atomic E-state index is 5.00. The zero-order valence-corrected chi connectivity index (χ0v) is 36.8. The molecule has 0 radical (unpaired) electrons. The number of aryl methyl sites for hydroxylation is 1. The number of hydrogen-bond donors (Lipinski definition) is 2. The van der Waals surface area contributed by atoms with Gasteiger partial charge >= 0.3 is 0 Å². The highest BCUT2D eigenvalue weighted by Crippen LogP contribution is 2.80. The molecule has 1 aromatic rings. The Morgan fingerprint density at radius 2 is 1.75 bits per heavy atom. The molecule has 2 N–H and O–H groups in total. The van der Waals surface area contributed by atoms with Crippen molar-refractivity contribution in [1.29, 1.82) is 0 Å². The first-order valence-corrected chi connectivity index (χ1v) is 22.4. The van der Waals surface area contributed by atoms with Crippen molar-refractivity contribution in [2.45, 2.75) is 155 Å². The second-order valence-corrected chi connectivity index (χ2v) is 19.2. The van der Waals surface area contributed by atoms with E-state index in [0.717, 1.165) is 24.2 Å². The minimum absolute atomic E-state index is 0.111. The van der Waals surface area contributed by atoms with Crippen molar-refractivity contribution in [2.75, 3.05) is 12.4 Å². The zero-order chi connectivity index (χ0) is 40.6. The average molecular weight is 757 g/mol. The summed E-state index contributed by atoms with van der Waals surface area (Å²) in [4.78, 5) is 6.88. The molecule has 4 heteroatoms. The summed E-state index contributed by atoms with van der Waals surface area (Å²) >= 11 is 0. The maximum Gasteiger partial charge on any atom is 0.0763 e. The van der Waals surface area contributed by atoms with Crippen molar-refractivity contribution in [3.63, 3.8) is 0 Å². The molecular formula is C52H76N4. The lowest BCUT2D eigenvalue weighted by atomic mass is 9.36. The van der Waals surface area contributed by atoms with E-state index in [-0.39, 0.29) is 16.4 Å². The minimum Gasteiger partial charge on any atom is -0.381 e. The van der Waals surface area contributed by atoms with E-state index in [9.17, 15) is 0 Å². The van der Waals surface area contributed by atoms with Crippen LogP contribution in [0.2, 0.25) is 0 Å². The summed E-state index contributed by atoms with van der Waals surface area (Å²) in [5, 5.41) is 7.06. The van der Waals surface area contributed by atoms with Gasteiger partial charge in [0.25, 0.3) is 0 Å². The lowest BCUT2D eigenvalue weighted by Gasteiger charge is -2.82. The molecule has 56 heavy (non-hydrogen) atoms. The third kappa shape index (κ3) is 6.63. The van der Waals surface area contributed by atoms with Crippen LogP contribution in [-0.4, -0.2) is 29.7 Å². The van der Waals surface area contributed by atoms with E-state index in [1.54, 1.807) is 16.8 Å². The predicted octanol–water partition coefficient (Wildman–Crippen LogP) is 13.4. The van der Waals surface area contributed by atoms with Crippen LogP contribution in [0.25, 0.3) is 0 Å². The number of unbranched alkanes of at least 4 members (excludes halogenated alkanes) is 1. The van der Waals surface area contributed by atoms with Gasteiger partial charge in [-0.2, -0.15) is 0 Å². The Bertz CT molecular complexity index is 1810. The van der Waals surface area contributed by atoms with Crippen LogP contribution in [-0.2, 0) is 11.8 Å². The first-order valence-electron chi connectivity index (χ1n) is 22.4. The summed E-state index contributed by atoms with van der Waals surface area (Å²) in [6.45, 7) is 37.9. The van der Waals surface area contributed by atoms with Crippen molar-refractivity contribution in [3.8, 4) is 0 Å². The van der Waals surface area contributed by atoms with Crippen molar-refractivity contribution < 1.29 is 0 Å². The van der Waals surface area contributed by atoms with Gasteiger partial charge in [0.05, 0.1) is 11.6 Å². The van der Waals surface area contributed by atoms with E-state index < -0.39 is 0 Å². The first-order chi connectivity index (χ1) is 26.7. The fraction of sp³-hybridized carbons (Fsp3) is 0.596. The third-order valence-corrected chi connectivity index (χ3v) is 15.9. The summed E-state index contributed by atoms with van der Waals surface area (Å²) in [5.41, 5.74) is 13.2. The van der Waals surface area contributed by atoms with Crippen molar-refractivity contribution in [1.82, 2.24) is 10.2 Å². The molecule has 1 aromatic carbocycles. The van der Waals surface area contributed by atoms with E-state index in [1.165, 1.54) is 99.6 Å². The highest BCUT2D eigenvalue weighted by atomic mass is 15.4. The van der Waals surface area contributed by atoms with Gasteiger partial charge < -0.3 is 15.5 Å². The predicted molar refractivity (Wildman–Crippen MR) is 243 cm³/mol. The number of allylic oxidation sites excluding steroid dienone is 7. The van der Waals surface area contributed by atoms with E-state index >= 15 is 0 Å². The molecule has 5 aliphatic carbocycles. The van der Waals surface area contributed by atoms with Gasteiger partial charge in [0, 0.05) is 52.6 Å². The van der Waals surface area contributed by atoms with Gasteiger partial charge in [0.15, 0.2) is 0 Å². The molecule has 0 amide bonds. The second kappa shape index (κ2) is 16.4. The normalized spacial score (nSPS) is 32.1. The Morgan fingerprint density at radius 1 is 0.982 bits per heavy atom. The molecule has 3 fully saturated rings. The Balaban J connectivity index is 0.000000283. The number of rotatable bonds is 15. The lowest BCUT2D eigenvalue weighted by molar-refractivity contribution is -0.173. The zero-order valence-electron chi connectivity index (χ0n) is 36.8. The summed E-state index contributed by atoms with van der Waals surface area (Å²) in [7, 11) is 1.82. The number of anilines is 1. The highest BCUT2D eigenvalue weighted by Gasteiger charge is 2.79. The van der Waals surface area contributed by atoms with E-state index in [1.807, 2.05) is 13.3 Å². The third-order valence-electron chi connectivity index (χ3n) is 15.9. The van der Waals surface area contributed by atoms with Gasteiger partial charge in [-0.1, -0.05) is 125 Å². The van der Waals surface area contributed by atoms with Crippen molar-refractivity contribution >= 4 is 11.9 Å². The van der Waals surface area contributed by atoms with Gasteiger partial charge in [-0.15, -0.1) is 0 Å². The van der Waals surface area contributed by atoms with Crippen LogP contribution >= 0.6 is 0 Å². The van der Waals surface area contributed by atoms with Crippen LogP contribution in [0.5, 0.6) is 0 Å². The maximum absolute atomic E-state index is 5.00. The monoisotopic (exact) mass is 757 g/mol. The molecule has 7 unspecified atom stereocenters. The SMILES string of the molecule is C=C(NC(C=NC)C(C)C)C(C)CCCC.C=CC1=C(C=C)C2CCCC34C=C(N3C(=C)[C@@]3(C)CCCC5(C)c6cc(NC(=C)CC)ccc6CCC53)C24CC1. The Labute approximate surface area is 342 Å². The number of nitrogens with one attached hydrogen (secondary N) is 2. The van der Waals surface area contributed by atoms with E-state index in [2.05, 4.69) is 132 Å². The number of aliphatic imine (C=N–C) groups is 1. The van der Waals surface area contributed by atoms with Gasteiger partial charge in [0.1, 0.15) is 0 Å². The van der Waals surface area contributed by atoms with Crippen LogP contribution in [0.3, 0.4) is 0 Å². The van der Waals surface area contributed by atoms with Crippen LogP contribution in [0.4, 0.5) is 5.69 Å². The molecule has 2 heterocycles. The summed E-state index contributed by atoms with van der Waals surface area (Å²) in [6.07, 6.45) is 26.0. The fourth-order valence-electron chi connectivity index (χ4n) is 12.5. The van der Waals surface area contributed by atoms with Crippen molar-refractivity contribution in [2.24, 2.45) is 39.5 Å². The van der Waals surface area contributed by atoms with E-state index in [4.69, 9.17) is 6.58 Å². The minimum atomic E-state index is 0.111. The van der Waals surface area contributed by atoms with Gasteiger partial charge in [-0.3, -0.25) is 4.99 Å². The summed E-state index contributed by atoms with van der Waals surface area (Å²) < 4.78 is 0. The molecule has 8 rings (SSSR count). The molecule has 4 nitrogen and oxygen atoms in total.